The maximum absolute atomic E-state index is 10.7. The van der Waals surface area contributed by atoms with E-state index in [4.69, 9.17) is 14.9 Å². The van der Waals surface area contributed by atoms with Gasteiger partial charge in [0.1, 0.15) is 12.7 Å². The van der Waals surface area contributed by atoms with Crippen LogP contribution in [-0.4, -0.2) is 45.4 Å². The molecule has 0 fully saturated rings. The van der Waals surface area contributed by atoms with Gasteiger partial charge in [0, 0.05) is 6.92 Å². The molecule has 0 saturated carbocycles. The molecule has 16 heavy (non-hydrogen) atoms. The molecule has 1 aromatic rings. The van der Waals surface area contributed by atoms with Gasteiger partial charge >= 0.3 is 0 Å². The van der Waals surface area contributed by atoms with E-state index in [-0.39, 0.29) is 24.2 Å². The number of nitrogens with one attached hydrogen (secondary N) is 1. The minimum atomic E-state index is -0.966. The monoisotopic (exact) mass is 227 g/mol. The van der Waals surface area contributed by atoms with Gasteiger partial charge in [0.2, 0.25) is 11.8 Å². The molecule has 1 rings (SSSR count). The summed E-state index contributed by atoms with van der Waals surface area (Å²) in [6, 6.07) is 0. The summed E-state index contributed by atoms with van der Waals surface area (Å²) < 4.78 is 5.05. The lowest BCUT2D eigenvalue weighted by molar-refractivity contribution is -0.114. The molecule has 0 aliphatic rings. The fourth-order valence-corrected chi connectivity index (χ4v) is 0.892. The van der Waals surface area contributed by atoms with Gasteiger partial charge in [-0.25, -0.2) is 0 Å². The molecule has 7 heteroatoms. The molecule has 1 aromatic heterocycles. The highest BCUT2D eigenvalue weighted by Gasteiger charge is 2.05. The number of aliphatic hydroxyl groups is 2. The number of anilines is 1. The minimum Gasteiger partial charge on any atom is -0.474 e. The first kappa shape index (κ1) is 12.3. The number of carbonyl (C=O) groups is 1. The Balaban J connectivity index is 2.56. The lowest BCUT2D eigenvalue weighted by atomic mass is 10.4. The van der Waals surface area contributed by atoms with Crippen molar-refractivity contribution in [3.05, 3.63) is 12.4 Å². The van der Waals surface area contributed by atoms with Gasteiger partial charge in [-0.2, -0.15) is 4.98 Å². The average Bonchev–Trinajstić information content (AvgIpc) is 2.25. The maximum Gasteiger partial charge on any atom is 0.234 e. The summed E-state index contributed by atoms with van der Waals surface area (Å²) in [4.78, 5) is 18.4. The maximum atomic E-state index is 10.7. The van der Waals surface area contributed by atoms with Gasteiger partial charge in [-0.05, 0) is 0 Å². The van der Waals surface area contributed by atoms with Crippen molar-refractivity contribution in [1.82, 2.24) is 9.97 Å². The number of carbonyl (C=O) groups excluding carboxylic acids is 1. The van der Waals surface area contributed by atoms with Crippen molar-refractivity contribution in [2.45, 2.75) is 13.0 Å². The van der Waals surface area contributed by atoms with Crippen LogP contribution >= 0.6 is 0 Å². The largest absolute Gasteiger partial charge is 0.474 e. The third-order valence-electron chi connectivity index (χ3n) is 1.55. The summed E-state index contributed by atoms with van der Waals surface area (Å²) in [7, 11) is 0. The second kappa shape index (κ2) is 5.99. The Bertz CT molecular complexity index is 358. The van der Waals surface area contributed by atoms with E-state index in [0.717, 1.165) is 0 Å². The molecule has 1 heterocycles. The van der Waals surface area contributed by atoms with Crippen LogP contribution < -0.4 is 10.1 Å². The first-order valence-corrected chi connectivity index (χ1v) is 4.63. The Labute approximate surface area is 92.1 Å². The highest BCUT2D eigenvalue weighted by atomic mass is 16.5. The van der Waals surface area contributed by atoms with Gasteiger partial charge in [0.15, 0.2) is 5.82 Å². The van der Waals surface area contributed by atoms with E-state index in [9.17, 15) is 4.79 Å². The fourth-order valence-electron chi connectivity index (χ4n) is 0.892. The molecule has 0 radical (unpaired) electrons. The smallest absolute Gasteiger partial charge is 0.234 e. The van der Waals surface area contributed by atoms with Crippen LogP contribution in [0.4, 0.5) is 5.82 Å². The molecule has 0 spiro atoms. The molecule has 1 amide bonds. The summed E-state index contributed by atoms with van der Waals surface area (Å²) in [6.07, 6.45) is 1.75. The molecule has 0 bridgehead atoms. The Kier molecular flexibility index (Phi) is 4.62. The highest BCUT2D eigenvalue weighted by molar-refractivity contribution is 5.87. The van der Waals surface area contributed by atoms with E-state index < -0.39 is 12.7 Å². The number of aromatic nitrogens is 2. The van der Waals surface area contributed by atoms with Crippen LogP contribution in [0, 0.1) is 0 Å². The number of amides is 1. The standard InChI is InChI=1S/C9H13N3O4/c1-6(14)11-8-2-10-3-9(12-8)16-5-7(15)4-13/h2-3,7,13,15H,4-5H2,1H3,(H,11,12,14). The van der Waals surface area contributed by atoms with Crippen molar-refractivity contribution in [2.75, 3.05) is 18.5 Å². The lowest BCUT2D eigenvalue weighted by Gasteiger charge is -2.09. The SMILES string of the molecule is CC(=O)Nc1cncc(OCC(O)CO)n1. The van der Waals surface area contributed by atoms with Gasteiger partial charge in [0.25, 0.3) is 0 Å². The molecule has 1 atom stereocenters. The van der Waals surface area contributed by atoms with Crippen LogP contribution in [0.25, 0.3) is 0 Å². The van der Waals surface area contributed by atoms with Crippen LogP contribution in [0.2, 0.25) is 0 Å². The van der Waals surface area contributed by atoms with E-state index in [2.05, 4.69) is 15.3 Å². The summed E-state index contributed by atoms with van der Waals surface area (Å²) in [5, 5.41) is 20.0. The first-order valence-electron chi connectivity index (χ1n) is 4.63. The second-order valence-electron chi connectivity index (χ2n) is 3.07. The minimum absolute atomic E-state index is 0.0886. The molecule has 0 aromatic carbocycles. The fraction of sp³-hybridized carbons (Fsp3) is 0.444. The van der Waals surface area contributed by atoms with Gasteiger partial charge in [-0.1, -0.05) is 0 Å². The van der Waals surface area contributed by atoms with Gasteiger partial charge in [-0.15, -0.1) is 0 Å². The van der Waals surface area contributed by atoms with Crippen LogP contribution in [0.15, 0.2) is 12.4 Å². The number of nitrogens with zero attached hydrogens (tertiary/aromatic N) is 2. The molecule has 7 nitrogen and oxygen atoms in total. The van der Waals surface area contributed by atoms with E-state index in [1.165, 1.54) is 19.3 Å². The summed E-state index contributed by atoms with van der Waals surface area (Å²) in [5.74, 6) is 0.170. The Morgan fingerprint density at radius 1 is 1.62 bits per heavy atom. The van der Waals surface area contributed by atoms with E-state index in [0.29, 0.717) is 0 Å². The molecule has 0 saturated heterocycles. The van der Waals surface area contributed by atoms with Gasteiger partial charge in [-0.3, -0.25) is 9.78 Å². The molecule has 0 aliphatic heterocycles. The Morgan fingerprint density at radius 3 is 3.00 bits per heavy atom. The molecule has 3 N–H and O–H groups in total. The third kappa shape index (κ3) is 4.20. The van der Waals surface area contributed by atoms with Crippen molar-refractivity contribution in [1.29, 1.82) is 0 Å². The zero-order valence-corrected chi connectivity index (χ0v) is 8.75. The third-order valence-corrected chi connectivity index (χ3v) is 1.55. The van der Waals surface area contributed by atoms with Crippen LogP contribution in [0.3, 0.4) is 0 Å². The van der Waals surface area contributed by atoms with E-state index >= 15 is 0 Å². The zero-order valence-electron chi connectivity index (χ0n) is 8.75. The van der Waals surface area contributed by atoms with Gasteiger partial charge < -0.3 is 20.3 Å². The Morgan fingerprint density at radius 2 is 2.38 bits per heavy atom. The van der Waals surface area contributed by atoms with Crippen LogP contribution in [0.1, 0.15) is 6.92 Å². The number of hydrogen-bond acceptors (Lipinski definition) is 6. The van der Waals surface area contributed by atoms with Gasteiger partial charge in [0.05, 0.1) is 19.0 Å². The lowest BCUT2D eigenvalue weighted by Crippen LogP contribution is -2.21. The van der Waals surface area contributed by atoms with Crippen molar-refractivity contribution in [3.63, 3.8) is 0 Å². The summed E-state index contributed by atoms with van der Waals surface area (Å²) in [6.45, 7) is 0.873. The number of rotatable bonds is 5. The average molecular weight is 227 g/mol. The molecular formula is C9H13N3O4. The second-order valence-corrected chi connectivity index (χ2v) is 3.07. The van der Waals surface area contributed by atoms with Crippen molar-refractivity contribution < 1.29 is 19.7 Å². The number of aliphatic hydroxyl groups excluding tert-OH is 2. The molecular weight excluding hydrogens is 214 g/mol. The number of hydrogen-bond donors (Lipinski definition) is 3. The summed E-state index contributed by atoms with van der Waals surface area (Å²) in [5.41, 5.74) is 0. The predicted octanol–water partition coefficient (Wildman–Crippen LogP) is -0.833. The molecule has 1 unspecified atom stereocenters. The normalized spacial score (nSPS) is 11.9. The quantitative estimate of drug-likeness (QED) is 0.606. The first-order chi connectivity index (χ1) is 7.61. The van der Waals surface area contributed by atoms with Crippen molar-refractivity contribution in [2.24, 2.45) is 0 Å². The van der Waals surface area contributed by atoms with Crippen molar-refractivity contribution in [3.8, 4) is 5.88 Å². The Hall–Kier alpha value is -1.73. The van der Waals surface area contributed by atoms with Crippen molar-refractivity contribution >= 4 is 11.7 Å². The van der Waals surface area contributed by atoms with E-state index in [1.54, 1.807) is 0 Å². The highest BCUT2D eigenvalue weighted by Crippen LogP contribution is 2.08. The number of ether oxygens (including phenoxy) is 1. The molecule has 88 valence electrons. The van der Waals surface area contributed by atoms with E-state index in [1.807, 2.05) is 0 Å². The van der Waals surface area contributed by atoms with Crippen LogP contribution in [0.5, 0.6) is 5.88 Å². The van der Waals surface area contributed by atoms with Crippen LogP contribution in [-0.2, 0) is 4.79 Å². The molecule has 0 aliphatic carbocycles. The predicted molar refractivity (Wildman–Crippen MR) is 54.9 cm³/mol. The summed E-state index contributed by atoms with van der Waals surface area (Å²) >= 11 is 0. The topological polar surface area (TPSA) is 105 Å². The zero-order chi connectivity index (χ0) is 12.0.